The predicted octanol–water partition coefficient (Wildman–Crippen LogP) is 1.45. The maximum Gasteiger partial charge on any atom is 0.410 e. The monoisotopic (exact) mass is 226 g/mol. The lowest BCUT2D eigenvalue weighted by molar-refractivity contribution is 0.0159. The summed E-state index contributed by atoms with van der Waals surface area (Å²) in [5.41, 5.74) is 5.32. The van der Waals surface area contributed by atoms with Crippen molar-refractivity contribution in [2.75, 3.05) is 19.6 Å². The lowest BCUT2D eigenvalue weighted by Gasteiger charge is -2.33. The van der Waals surface area contributed by atoms with Crippen LogP contribution in [0.3, 0.4) is 0 Å². The van der Waals surface area contributed by atoms with Crippen LogP contribution in [0.5, 0.6) is 0 Å². The van der Waals surface area contributed by atoms with E-state index in [-0.39, 0.29) is 6.09 Å². The molecule has 0 bridgehead atoms. The molecular formula is C12H22N2O2. The fourth-order valence-corrected chi connectivity index (χ4v) is 2.56. The molecule has 2 aliphatic rings. The van der Waals surface area contributed by atoms with Gasteiger partial charge in [-0.2, -0.15) is 0 Å². The summed E-state index contributed by atoms with van der Waals surface area (Å²) in [4.78, 5) is 13.7. The molecule has 0 aromatic rings. The number of amides is 1. The van der Waals surface area contributed by atoms with Crippen molar-refractivity contribution < 1.29 is 9.53 Å². The van der Waals surface area contributed by atoms with E-state index in [1.54, 1.807) is 0 Å². The Hall–Kier alpha value is -0.770. The van der Waals surface area contributed by atoms with E-state index in [0.717, 1.165) is 19.0 Å². The fraction of sp³-hybridized carbons (Fsp3) is 0.917. The third kappa shape index (κ3) is 2.48. The highest BCUT2D eigenvalue weighted by Gasteiger charge is 2.48. The SMILES string of the molecule is CC(C)(C)OC(=O)N1CC(CN)C2CC2C1. The van der Waals surface area contributed by atoms with Gasteiger partial charge in [-0.25, -0.2) is 4.79 Å². The number of fused-ring (bicyclic) bond motifs is 1. The lowest BCUT2D eigenvalue weighted by Crippen LogP contribution is -2.45. The molecule has 2 N–H and O–H groups in total. The van der Waals surface area contributed by atoms with Crippen molar-refractivity contribution in [3.63, 3.8) is 0 Å². The molecule has 2 fully saturated rings. The normalized spacial score (nSPS) is 33.2. The molecule has 16 heavy (non-hydrogen) atoms. The molecule has 0 spiro atoms. The number of ether oxygens (including phenoxy) is 1. The van der Waals surface area contributed by atoms with Crippen molar-refractivity contribution in [2.24, 2.45) is 23.5 Å². The number of nitrogens with zero attached hydrogens (tertiary/aromatic N) is 1. The fourth-order valence-electron chi connectivity index (χ4n) is 2.56. The van der Waals surface area contributed by atoms with Gasteiger partial charge in [-0.05, 0) is 51.5 Å². The van der Waals surface area contributed by atoms with Gasteiger partial charge < -0.3 is 15.4 Å². The standard InChI is InChI=1S/C12H22N2O2/c1-12(2,3)16-11(15)14-6-8-4-10(8)9(5-13)7-14/h8-10H,4-7,13H2,1-3H3. The second kappa shape index (κ2) is 3.91. The molecule has 0 radical (unpaired) electrons. The van der Waals surface area contributed by atoms with Crippen LogP contribution in [0.2, 0.25) is 0 Å². The molecule has 1 heterocycles. The molecule has 1 aliphatic carbocycles. The second-order valence-electron chi connectivity index (χ2n) is 6.04. The van der Waals surface area contributed by atoms with Gasteiger partial charge >= 0.3 is 6.09 Å². The summed E-state index contributed by atoms with van der Waals surface area (Å²) in [7, 11) is 0. The molecule has 0 aromatic carbocycles. The number of carbonyl (C=O) groups excluding carboxylic acids is 1. The average Bonchev–Trinajstić information content (AvgIpc) is 2.91. The zero-order valence-corrected chi connectivity index (χ0v) is 10.4. The van der Waals surface area contributed by atoms with Crippen LogP contribution in [0.15, 0.2) is 0 Å². The number of nitrogens with two attached hydrogens (primary N) is 1. The van der Waals surface area contributed by atoms with E-state index in [0.29, 0.717) is 18.4 Å². The van der Waals surface area contributed by atoms with Crippen molar-refractivity contribution >= 4 is 6.09 Å². The van der Waals surface area contributed by atoms with Crippen LogP contribution < -0.4 is 5.73 Å². The number of hydrogen-bond donors (Lipinski definition) is 1. The van der Waals surface area contributed by atoms with E-state index >= 15 is 0 Å². The highest BCUT2D eigenvalue weighted by molar-refractivity contribution is 5.68. The zero-order chi connectivity index (χ0) is 11.9. The van der Waals surface area contributed by atoms with Crippen LogP contribution in [-0.4, -0.2) is 36.2 Å². The summed E-state index contributed by atoms with van der Waals surface area (Å²) in [5, 5.41) is 0. The molecule has 2 rings (SSSR count). The summed E-state index contributed by atoms with van der Waals surface area (Å²) in [6.45, 7) is 8.00. The Kier molecular flexibility index (Phi) is 2.86. The molecule has 1 aliphatic heterocycles. The van der Waals surface area contributed by atoms with Gasteiger partial charge in [-0.15, -0.1) is 0 Å². The average molecular weight is 226 g/mol. The Morgan fingerprint density at radius 3 is 2.69 bits per heavy atom. The maximum absolute atomic E-state index is 11.9. The molecule has 92 valence electrons. The Morgan fingerprint density at radius 2 is 2.12 bits per heavy atom. The first-order valence-corrected chi connectivity index (χ1v) is 6.08. The van der Waals surface area contributed by atoms with Crippen LogP contribution in [0.1, 0.15) is 27.2 Å². The minimum atomic E-state index is -0.407. The van der Waals surface area contributed by atoms with Crippen molar-refractivity contribution in [2.45, 2.75) is 32.8 Å². The molecule has 1 saturated carbocycles. The zero-order valence-electron chi connectivity index (χ0n) is 10.4. The molecule has 4 nitrogen and oxygen atoms in total. The van der Waals surface area contributed by atoms with Gasteiger partial charge in [0.1, 0.15) is 5.60 Å². The van der Waals surface area contributed by atoms with Crippen molar-refractivity contribution in [1.82, 2.24) is 4.90 Å². The number of rotatable bonds is 1. The molecular weight excluding hydrogens is 204 g/mol. The minimum absolute atomic E-state index is 0.184. The van der Waals surface area contributed by atoms with Gasteiger partial charge in [0.2, 0.25) is 0 Å². The Balaban J connectivity index is 1.92. The van der Waals surface area contributed by atoms with Crippen molar-refractivity contribution in [1.29, 1.82) is 0 Å². The maximum atomic E-state index is 11.9. The van der Waals surface area contributed by atoms with E-state index in [1.807, 2.05) is 25.7 Å². The van der Waals surface area contributed by atoms with Crippen molar-refractivity contribution in [3.8, 4) is 0 Å². The van der Waals surface area contributed by atoms with Gasteiger partial charge in [0.25, 0.3) is 0 Å². The summed E-state index contributed by atoms with van der Waals surface area (Å²) < 4.78 is 5.38. The number of likely N-dealkylation sites (tertiary alicyclic amines) is 1. The largest absolute Gasteiger partial charge is 0.444 e. The van der Waals surface area contributed by atoms with Crippen LogP contribution in [0, 0.1) is 17.8 Å². The third-order valence-corrected chi connectivity index (χ3v) is 3.45. The van der Waals surface area contributed by atoms with Gasteiger partial charge in [0.15, 0.2) is 0 Å². The summed E-state index contributed by atoms with van der Waals surface area (Å²) in [5.74, 6) is 1.92. The highest BCUT2D eigenvalue weighted by Crippen LogP contribution is 2.48. The second-order valence-corrected chi connectivity index (χ2v) is 6.04. The molecule has 3 unspecified atom stereocenters. The van der Waals surface area contributed by atoms with Crippen LogP contribution >= 0.6 is 0 Å². The lowest BCUT2D eigenvalue weighted by atomic mass is 9.98. The van der Waals surface area contributed by atoms with Gasteiger partial charge in [0.05, 0.1) is 0 Å². The molecule has 0 aromatic heterocycles. The van der Waals surface area contributed by atoms with E-state index in [9.17, 15) is 4.79 Å². The van der Waals surface area contributed by atoms with Gasteiger partial charge in [-0.3, -0.25) is 0 Å². The van der Waals surface area contributed by atoms with Gasteiger partial charge in [-0.1, -0.05) is 0 Å². The summed E-state index contributed by atoms with van der Waals surface area (Å²) in [6.07, 6.45) is 1.05. The Morgan fingerprint density at radius 1 is 1.44 bits per heavy atom. The number of carbonyl (C=O) groups is 1. The Labute approximate surface area is 97.1 Å². The summed E-state index contributed by atoms with van der Waals surface area (Å²) in [6, 6.07) is 0. The van der Waals surface area contributed by atoms with Crippen LogP contribution in [0.25, 0.3) is 0 Å². The molecule has 1 amide bonds. The van der Waals surface area contributed by atoms with Crippen LogP contribution in [-0.2, 0) is 4.74 Å². The van der Waals surface area contributed by atoms with Crippen molar-refractivity contribution in [3.05, 3.63) is 0 Å². The van der Waals surface area contributed by atoms with Gasteiger partial charge in [0, 0.05) is 13.1 Å². The summed E-state index contributed by atoms with van der Waals surface area (Å²) >= 11 is 0. The first-order valence-electron chi connectivity index (χ1n) is 6.08. The third-order valence-electron chi connectivity index (χ3n) is 3.45. The number of hydrogen-bond acceptors (Lipinski definition) is 3. The number of piperidine rings is 1. The topological polar surface area (TPSA) is 55.6 Å². The van der Waals surface area contributed by atoms with E-state index in [4.69, 9.17) is 10.5 Å². The minimum Gasteiger partial charge on any atom is -0.444 e. The molecule has 3 atom stereocenters. The first-order chi connectivity index (χ1) is 7.40. The quantitative estimate of drug-likeness (QED) is 0.736. The van der Waals surface area contributed by atoms with E-state index in [1.165, 1.54) is 6.42 Å². The Bertz CT molecular complexity index is 285. The van der Waals surface area contributed by atoms with E-state index in [2.05, 4.69) is 0 Å². The predicted molar refractivity (Wildman–Crippen MR) is 61.9 cm³/mol. The van der Waals surface area contributed by atoms with E-state index < -0.39 is 5.60 Å². The smallest absolute Gasteiger partial charge is 0.410 e. The molecule has 1 saturated heterocycles. The highest BCUT2D eigenvalue weighted by atomic mass is 16.6. The van der Waals surface area contributed by atoms with Crippen LogP contribution in [0.4, 0.5) is 4.79 Å². The molecule has 4 heteroatoms. The first kappa shape index (κ1) is 11.7.